The van der Waals surface area contributed by atoms with E-state index in [0.717, 1.165) is 5.52 Å². The zero-order chi connectivity index (χ0) is 13.6. The number of hydrogen-bond acceptors (Lipinski definition) is 1. The molecule has 1 N–H and O–H groups in total. The molecule has 0 radical (unpaired) electrons. The SMILES string of the molecule is [2H]C([2H])(c1c[nH]c2ccccc12)C([2H])([2H])N(C)C. The van der Waals surface area contributed by atoms with Crippen molar-refractivity contribution in [2.45, 2.75) is 6.37 Å². The quantitative estimate of drug-likeness (QED) is 0.790. The molecule has 0 spiro atoms. The molecule has 0 aliphatic carbocycles. The number of benzene rings is 1. The number of H-pyrrole nitrogens is 1. The summed E-state index contributed by atoms with van der Waals surface area (Å²) >= 11 is 0. The van der Waals surface area contributed by atoms with Gasteiger partial charge in [-0.05, 0) is 32.1 Å². The van der Waals surface area contributed by atoms with Crippen LogP contribution in [0.5, 0.6) is 0 Å². The van der Waals surface area contributed by atoms with Gasteiger partial charge >= 0.3 is 0 Å². The molecule has 0 aliphatic heterocycles. The van der Waals surface area contributed by atoms with E-state index in [9.17, 15) is 0 Å². The summed E-state index contributed by atoms with van der Waals surface area (Å²) in [6.45, 7) is -2.09. The first kappa shape index (κ1) is 5.56. The second-order valence-electron chi connectivity index (χ2n) is 3.38. The van der Waals surface area contributed by atoms with E-state index in [1.54, 1.807) is 12.3 Å². The van der Waals surface area contributed by atoms with E-state index in [1.165, 1.54) is 19.0 Å². The van der Waals surface area contributed by atoms with Crippen LogP contribution in [0.25, 0.3) is 10.9 Å². The van der Waals surface area contributed by atoms with Crippen molar-refractivity contribution in [2.24, 2.45) is 0 Å². The standard InChI is InChI=1S/C12H16N2/c1-14(2)8-7-10-9-13-12-6-4-3-5-11(10)12/h3-6,9,13H,7-8H2,1-2H3/i7D2,8D2. The molecule has 2 aromatic rings. The molecule has 2 nitrogen and oxygen atoms in total. The number of hydrogen-bond donors (Lipinski definition) is 1. The molecule has 2 heteroatoms. The Morgan fingerprint density at radius 1 is 1.36 bits per heavy atom. The molecule has 14 heavy (non-hydrogen) atoms. The van der Waals surface area contributed by atoms with Crippen molar-refractivity contribution >= 4 is 10.9 Å². The van der Waals surface area contributed by atoms with Gasteiger partial charge in [0.1, 0.15) is 0 Å². The average Bonchev–Trinajstić information content (AvgIpc) is 2.72. The third kappa shape index (κ3) is 1.80. The molecule has 2 rings (SSSR count). The van der Waals surface area contributed by atoms with Gasteiger partial charge in [0, 0.05) is 29.1 Å². The number of fused-ring (bicyclic) bond motifs is 1. The van der Waals surface area contributed by atoms with Gasteiger partial charge < -0.3 is 9.88 Å². The van der Waals surface area contributed by atoms with Crippen LogP contribution in [0.2, 0.25) is 0 Å². The van der Waals surface area contributed by atoms with Crippen molar-refractivity contribution in [1.82, 2.24) is 9.88 Å². The summed E-state index contributed by atoms with van der Waals surface area (Å²) in [7, 11) is 3.07. The highest BCUT2D eigenvalue weighted by Crippen LogP contribution is 2.17. The molecule has 0 fully saturated rings. The number of nitrogens with one attached hydrogen (secondary N) is 1. The van der Waals surface area contributed by atoms with E-state index in [2.05, 4.69) is 4.98 Å². The highest BCUT2D eigenvalue weighted by molar-refractivity contribution is 5.83. The van der Waals surface area contributed by atoms with Crippen molar-refractivity contribution < 1.29 is 5.48 Å². The molecule has 1 heterocycles. The lowest BCUT2D eigenvalue weighted by Gasteiger charge is -2.07. The zero-order valence-corrected chi connectivity index (χ0v) is 8.33. The van der Waals surface area contributed by atoms with Gasteiger partial charge in [-0.1, -0.05) is 18.2 Å². The Hall–Kier alpha value is -1.28. The van der Waals surface area contributed by atoms with Gasteiger partial charge in [-0.2, -0.15) is 0 Å². The molecule has 1 aromatic heterocycles. The van der Waals surface area contributed by atoms with Crippen molar-refractivity contribution in [3.63, 3.8) is 0 Å². The number of para-hydroxylation sites is 1. The minimum Gasteiger partial charge on any atom is -0.361 e. The Morgan fingerprint density at radius 3 is 2.93 bits per heavy atom. The first-order valence-corrected chi connectivity index (χ1v) is 4.52. The highest BCUT2D eigenvalue weighted by Gasteiger charge is 2.02. The van der Waals surface area contributed by atoms with Crippen LogP contribution in [0, 0.1) is 0 Å². The molecule has 0 unspecified atom stereocenters. The third-order valence-corrected chi connectivity index (χ3v) is 2.00. The van der Waals surface area contributed by atoms with Gasteiger partial charge in [-0.25, -0.2) is 0 Å². The molecule has 0 amide bonds. The third-order valence-electron chi connectivity index (χ3n) is 2.00. The van der Waals surface area contributed by atoms with E-state index in [-0.39, 0.29) is 0 Å². The number of nitrogens with zero attached hydrogens (tertiary/aromatic N) is 1. The Kier molecular flexibility index (Phi) is 1.53. The maximum Gasteiger partial charge on any atom is 0.0456 e. The van der Waals surface area contributed by atoms with Crippen LogP contribution in [-0.2, 0) is 6.37 Å². The van der Waals surface area contributed by atoms with Gasteiger partial charge in [0.05, 0.1) is 0 Å². The van der Waals surface area contributed by atoms with Crippen LogP contribution in [-0.4, -0.2) is 30.5 Å². The number of aromatic nitrogens is 1. The lowest BCUT2D eigenvalue weighted by Crippen LogP contribution is -2.14. The fraction of sp³-hybridized carbons (Fsp3) is 0.333. The van der Waals surface area contributed by atoms with E-state index in [4.69, 9.17) is 5.48 Å². The summed E-state index contributed by atoms with van der Waals surface area (Å²) in [4.78, 5) is 4.24. The zero-order valence-electron chi connectivity index (χ0n) is 12.3. The maximum atomic E-state index is 8.13. The molecular weight excluding hydrogens is 172 g/mol. The van der Waals surface area contributed by atoms with Crippen LogP contribution < -0.4 is 0 Å². The molecule has 0 bridgehead atoms. The molecule has 0 atom stereocenters. The Labute approximate surface area is 90.2 Å². The second-order valence-corrected chi connectivity index (χ2v) is 3.38. The van der Waals surface area contributed by atoms with Gasteiger partial charge in [0.2, 0.25) is 0 Å². The summed E-state index contributed by atoms with van der Waals surface area (Å²) < 4.78 is 32.1. The van der Waals surface area contributed by atoms with Gasteiger partial charge in [0.25, 0.3) is 0 Å². The highest BCUT2D eigenvalue weighted by atomic mass is 15.0. The van der Waals surface area contributed by atoms with Crippen molar-refractivity contribution in [3.05, 3.63) is 36.0 Å². The molecule has 1 aromatic carbocycles. The largest absolute Gasteiger partial charge is 0.361 e. The second kappa shape index (κ2) is 3.84. The predicted octanol–water partition coefficient (Wildman–Crippen LogP) is 2.27. The lowest BCUT2D eigenvalue weighted by atomic mass is 10.1. The smallest absolute Gasteiger partial charge is 0.0456 e. The molecule has 0 aliphatic rings. The summed E-state index contributed by atoms with van der Waals surface area (Å²) in [6, 6.07) is 7.32. The predicted molar refractivity (Wildman–Crippen MR) is 60.6 cm³/mol. The topological polar surface area (TPSA) is 19.0 Å². The lowest BCUT2D eigenvalue weighted by molar-refractivity contribution is 0.414. The monoisotopic (exact) mass is 192 g/mol. The van der Waals surface area contributed by atoms with E-state index >= 15 is 0 Å². The van der Waals surface area contributed by atoms with Crippen LogP contribution in [0.1, 0.15) is 11.0 Å². The minimum absolute atomic E-state index is 0.344. The van der Waals surface area contributed by atoms with Gasteiger partial charge in [-0.3, -0.25) is 0 Å². The fourth-order valence-electron chi connectivity index (χ4n) is 1.35. The van der Waals surface area contributed by atoms with Gasteiger partial charge in [0.15, 0.2) is 0 Å². The molecule has 0 saturated heterocycles. The van der Waals surface area contributed by atoms with E-state index < -0.39 is 12.9 Å². The van der Waals surface area contributed by atoms with Crippen LogP contribution >= 0.6 is 0 Å². The minimum atomic E-state index is -2.10. The summed E-state index contributed by atoms with van der Waals surface area (Å²) in [5, 5.41) is 0.716. The Balaban J connectivity index is 2.60. The first-order chi connectivity index (χ1) is 8.28. The average molecular weight is 192 g/mol. The number of likely N-dealkylation sites (N-methyl/N-ethyl adjacent to an activating group) is 1. The fourth-order valence-corrected chi connectivity index (χ4v) is 1.35. The van der Waals surface area contributed by atoms with Gasteiger partial charge in [-0.15, -0.1) is 0 Å². The van der Waals surface area contributed by atoms with E-state index in [1.807, 2.05) is 18.2 Å². The summed E-state index contributed by atoms with van der Waals surface area (Å²) in [6.07, 6.45) is -0.553. The van der Waals surface area contributed by atoms with Crippen LogP contribution in [0.4, 0.5) is 0 Å². The Bertz CT molecular complexity index is 560. The van der Waals surface area contributed by atoms with Crippen molar-refractivity contribution in [1.29, 1.82) is 0 Å². The van der Waals surface area contributed by atoms with Crippen LogP contribution in [0.15, 0.2) is 30.5 Å². The summed E-state index contributed by atoms with van der Waals surface area (Å²) in [5.74, 6) is 0. The van der Waals surface area contributed by atoms with Crippen molar-refractivity contribution in [2.75, 3.05) is 20.6 Å². The molecule has 0 saturated carbocycles. The number of aromatic amines is 1. The molecule has 74 valence electrons. The Morgan fingerprint density at radius 2 is 2.14 bits per heavy atom. The maximum absolute atomic E-state index is 8.13. The molecular formula is C12H16N2. The number of rotatable bonds is 3. The first-order valence-electron chi connectivity index (χ1n) is 6.52. The van der Waals surface area contributed by atoms with Crippen LogP contribution in [0.3, 0.4) is 0 Å². The number of aryl methyl sites for hydroxylation is 1. The normalized spacial score (nSPS) is 17.6. The van der Waals surface area contributed by atoms with E-state index in [0.29, 0.717) is 10.9 Å². The van der Waals surface area contributed by atoms with Crippen molar-refractivity contribution in [3.8, 4) is 0 Å². The summed E-state index contributed by atoms with van der Waals surface area (Å²) in [5.41, 5.74) is 1.16.